The predicted molar refractivity (Wildman–Crippen MR) is 106 cm³/mol. The second-order valence-corrected chi connectivity index (χ2v) is 9.09. The number of hydrogen-bond acceptors (Lipinski definition) is 6. The van der Waals surface area contributed by atoms with Gasteiger partial charge in [-0.15, -0.1) is 22.7 Å². The van der Waals surface area contributed by atoms with E-state index in [1.807, 2.05) is 12.1 Å². The quantitative estimate of drug-likeness (QED) is 0.549. The van der Waals surface area contributed by atoms with Crippen LogP contribution in [0.25, 0.3) is 4.85 Å². The minimum absolute atomic E-state index is 0.269. The highest BCUT2D eigenvalue weighted by molar-refractivity contribution is 7.16. The number of fused-ring (bicyclic) bond motifs is 2. The number of ether oxygens (including phenoxy) is 2. The van der Waals surface area contributed by atoms with Crippen LogP contribution in [0.1, 0.15) is 60.5 Å². The third-order valence-electron chi connectivity index (χ3n) is 4.70. The molecule has 1 aliphatic carbocycles. The average molecular weight is 404 g/mol. The molecule has 3 rings (SSSR count). The minimum Gasteiger partial charge on any atom is -0.465 e. The SMILES string of the molecule is [C-]#[N+]C1(CC(C)C)c2sc(C(=O)OC)cc2CCc2cc(C(=O)OC)sc21. The van der Waals surface area contributed by atoms with E-state index >= 15 is 0 Å². The Labute approximate surface area is 166 Å². The van der Waals surface area contributed by atoms with Gasteiger partial charge < -0.3 is 9.47 Å². The van der Waals surface area contributed by atoms with Crippen molar-refractivity contribution in [3.8, 4) is 0 Å². The minimum atomic E-state index is -0.886. The lowest BCUT2D eigenvalue weighted by Crippen LogP contribution is -2.24. The van der Waals surface area contributed by atoms with E-state index in [0.717, 1.165) is 33.7 Å². The Morgan fingerprint density at radius 1 is 1.07 bits per heavy atom. The Bertz CT molecular complexity index is 870. The molecule has 2 heterocycles. The number of nitrogens with zero attached hydrogens (tertiary/aromatic N) is 1. The van der Waals surface area contributed by atoms with Crippen molar-refractivity contribution in [1.82, 2.24) is 0 Å². The molecular formula is C20H21NO4S2. The zero-order chi connectivity index (χ0) is 19.8. The lowest BCUT2D eigenvalue weighted by atomic mass is 9.85. The molecule has 5 nitrogen and oxygen atoms in total. The standard InChI is InChI=1S/C20H21NO4S2/c1-11(2)10-20(21-3)16-12(8-14(26-16)18(22)24-4)6-7-13-9-15(19(23)25-5)27-17(13)20/h8-9,11H,6-7,10H2,1-2,4-5H3. The maximum absolute atomic E-state index is 12.1. The molecule has 0 radical (unpaired) electrons. The van der Waals surface area contributed by atoms with Gasteiger partial charge in [-0.3, -0.25) is 4.85 Å². The van der Waals surface area contributed by atoms with E-state index in [2.05, 4.69) is 18.7 Å². The van der Waals surface area contributed by atoms with Crippen LogP contribution < -0.4 is 0 Å². The molecule has 0 spiro atoms. The van der Waals surface area contributed by atoms with Crippen LogP contribution in [0.15, 0.2) is 12.1 Å². The van der Waals surface area contributed by atoms with Gasteiger partial charge >= 0.3 is 17.5 Å². The fraction of sp³-hybridized carbons (Fsp3) is 0.450. The zero-order valence-electron chi connectivity index (χ0n) is 15.8. The van der Waals surface area contributed by atoms with Gasteiger partial charge in [-0.2, -0.15) is 0 Å². The summed E-state index contributed by atoms with van der Waals surface area (Å²) in [6.45, 7) is 12.3. The van der Waals surface area contributed by atoms with Crippen molar-refractivity contribution in [3.63, 3.8) is 0 Å². The third kappa shape index (κ3) is 3.28. The summed E-state index contributed by atoms with van der Waals surface area (Å²) >= 11 is 2.69. The van der Waals surface area contributed by atoms with E-state index in [-0.39, 0.29) is 17.9 Å². The Morgan fingerprint density at radius 3 is 1.85 bits per heavy atom. The summed E-state index contributed by atoms with van der Waals surface area (Å²) in [6, 6.07) is 3.73. The van der Waals surface area contributed by atoms with Gasteiger partial charge in [-0.25, -0.2) is 16.2 Å². The van der Waals surface area contributed by atoms with Gasteiger partial charge in [0.1, 0.15) is 9.75 Å². The maximum atomic E-state index is 12.1. The van der Waals surface area contributed by atoms with Crippen molar-refractivity contribution in [3.05, 3.63) is 54.2 Å². The van der Waals surface area contributed by atoms with Gasteiger partial charge in [0, 0.05) is 6.42 Å². The van der Waals surface area contributed by atoms with Crippen molar-refractivity contribution < 1.29 is 19.1 Å². The van der Waals surface area contributed by atoms with Crippen molar-refractivity contribution in [2.45, 2.75) is 38.6 Å². The van der Waals surface area contributed by atoms with Gasteiger partial charge in [-0.05, 0) is 42.0 Å². The van der Waals surface area contributed by atoms with Crippen LogP contribution in [0.5, 0.6) is 0 Å². The van der Waals surface area contributed by atoms with Gasteiger partial charge in [-0.1, -0.05) is 13.8 Å². The first-order valence-corrected chi connectivity index (χ1v) is 10.3. The van der Waals surface area contributed by atoms with Gasteiger partial charge in [0.2, 0.25) is 0 Å². The smallest absolute Gasteiger partial charge is 0.348 e. The summed E-state index contributed by atoms with van der Waals surface area (Å²) in [7, 11) is 2.73. The van der Waals surface area contributed by atoms with Crippen LogP contribution >= 0.6 is 22.7 Å². The van der Waals surface area contributed by atoms with Crippen LogP contribution in [0.4, 0.5) is 0 Å². The van der Waals surface area contributed by atoms with Crippen LogP contribution in [0.3, 0.4) is 0 Å². The highest BCUT2D eigenvalue weighted by Crippen LogP contribution is 2.51. The molecule has 7 heteroatoms. The van der Waals surface area contributed by atoms with Crippen LogP contribution in [0, 0.1) is 12.5 Å². The molecule has 0 unspecified atom stereocenters. The summed E-state index contributed by atoms with van der Waals surface area (Å²) in [6.07, 6.45) is 2.07. The Kier molecular flexibility index (Phi) is 5.41. The molecule has 0 atom stereocenters. The largest absolute Gasteiger partial charge is 0.465 e. The van der Waals surface area contributed by atoms with Crippen molar-refractivity contribution in [1.29, 1.82) is 0 Å². The maximum Gasteiger partial charge on any atom is 0.348 e. The number of carbonyl (C=O) groups excluding carboxylic acids is 2. The average Bonchev–Trinajstić information content (AvgIpc) is 3.26. The Balaban J connectivity index is 2.25. The van der Waals surface area contributed by atoms with Crippen molar-refractivity contribution in [2.75, 3.05) is 14.2 Å². The molecule has 1 aliphatic rings. The molecule has 0 aliphatic heterocycles. The number of rotatable bonds is 4. The molecule has 0 amide bonds. The molecule has 2 aromatic heterocycles. The molecule has 0 saturated carbocycles. The summed E-state index contributed by atoms with van der Waals surface area (Å²) in [5.74, 6) is -0.485. The first-order chi connectivity index (χ1) is 12.9. The normalized spacial score (nSPS) is 14.7. The highest BCUT2D eigenvalue weighted by Gasteiger charge is 2.50. The molecule has 0 N–H and O–H groups in total. The molecule has 0 fully saturated rings. The van der Waals surface area contributed by atoms with E-state index in [1.54, 1.807) is 0 Å². The second-order valence-electron chi connectivity index (χ2n) is 6.98. The number of carbonyl (C=O) groups is 2. The lowest BCUT2D eigenvalue weighted by Gasteiger charge is -2.22. The molecular weight excluding hydrogens is 382 g/mol. The van der Waals surface area contributed by atoms with E-state index in [4.69, 9.17) is 16.0 Å². The summed E-state index contributed by atoms with van der Waals surface area (Å²) in [4.78, 5) is 31.1. The molecule has 27 heavy (non-hydrogen) atoms. The predicted octanol–water partition coefficient (Wildman–Crippen LogP) is 4.69. The zero-order valence-corrected chi connectivity index (χ0v) is 17.4. The van der Waals surface area contributed by atoms with Gasteiger partial charge in [0.15, 0.2) is 0 Å². The van der Waals surface area contributed by atoms with Crippen LogP contribution in [-0.2, 0) is 27.9 Å². The third-order valence-corrected chi connectivity index (χ3v) is 7.32. The number of thiophene rings is 2. The Hall–Kier alpha value is -2.17. The van der Waals surface area contributed by atoms with Crippen LogP contribution in [-0.4, -0.2) is 26.2 Å². The van der Waals surface area contributed by atoms with Crippen molar-refractivity contribution in [2.24, 2.45) is 5.92 Å². The van der Waals surface area contributed by atoms with E-state index in [9.17, 15) is 9.59 Å². The van der Waals surface area contributed by atoms with Gasteiger partial charge in [0.05, 0.1) is 24.0 Å². The second kappa shape index (κ2) is 7.45. The number of aryl methyl sites for hydroxylation is 2. The molecule has 2 aromatic rings. The van der Waals surface area contributed by atoms with E-state index in [0.29, 0.717) is 16.2 Å². The first kappa shape index (κ1) is 19.6. The fourth-order valence-electron chi connectivity index (χ4n) is 3.63. The number of esters is 2. The Morgan fingerprint density at radius 2 is 1.52 bits per heavy atom. The number of methoxy groups -OCH3 is 2. The number of hydrogen-bond donors (Lipinski definition) is 0. The summed E-state index contributed by atoms with van der Waals surface area (Å²) < 4.78 is 9.77. The van der Waals surface area contributed by atoms with E-state index < -0.39 is 5.54 Å². The molecule has 0 bridgehead atoms. The monoisotopic (exact) mass is 403 g/mol. The topological polar surface area (TPSA) is 57.0 Å². The van der Waals surface area contributed by atoms with Crippen molar-refractivity contribution >= 4 is 34.6 Å². The first-order valence-electron chi connectivity index (χ1n) is 8.68. The summed E-state index contributed by atoms with van der Waals surface area (Å²) in [5.41, 5.74) is 1.17. The van der Waals surface area contributed by atoms with Crippen LogP contribution in [0.2, 0.25) is 0 Å². The lowest BCUT2D eigenvalue weighted by molar-refractivity contribution is 0.0597. The molecule has 0 aromatic carbocycles. The molecule has 142 valence electrons. The fourth-order valence-corrected chi connectivity index (χ4v) is 6.25. The summed E-state index contributed by atoms with van der Waals surface area (Å²) in [5, 5.41) is 0. The highest BCUT2D eigenvalue weighted by atomic mass is 32.1. The van der Waals surface area contributed by atoms with Gasteiger partial charge in [0.25, 0.3) is 0 Å². The molecule has 0 saturated heterocycles. The van der Waals surface area contributed by atoms with E-state index in [1.165, 1.54) is 36.9 Å².